The summed E-state index contributed by atoms with van der Waals surface area (Å²) in [6.45, 7) is 4.00. The standard InChI is InChI=1S/C21H21FN4OS/c1-13-6-5-9-18(14(13)2)23-19(27)12-28-21-25-24-20(26(21)15-10-11-15)16-7-3-4-8-17(16)22/h3-9,15H,10-12H2,1-2H3,(H,23,27). The Kier molecular flexibility index (Phi) is 5.17. The number of carbonyl (C=O) groups is 1. The number of carbonyl (C=O) groups excluding carboxylic acids is 1. The summed E-state index contributed by atoms with van der Waals surface area (Å²) in [5.74, 6) is 0.325. The molecule has 7 heteroatoms. The monoisotopic (exact) mass is 396 g/mol. The smallest absolute Gasteiger partial charge is 0.234 e. The molecule has 1 amide bonds. The molecule has 144 valence electrons. The number of thioether (sulfide) groups is 1. The fraction of sp³-hybridized carbons (Fsp3) is 0.286. The summed E-state index contributed by atoms with van der Waals surface area (Å²) in [6.07, 6.45) is 2.03. The largest absolute Gasteiger partial charge is 0.325 e. The van der Waals surface area contributed by atoms with Crippen LogP contribution in [0.1, 0.15) is 30.0 Å². The minimum Gasteiger partial charge on any atom is -0.325 e. The molecule has 1 aliphatic rings. The van der Waals surface area contributed by atoms with Gasteiger partial charge < -0.3 is 5.32 Å². The van der Waals surface area contributed by atoms with Crippen molar-refractivity contribution in [3.63, 3.8) is 0 Å². The Morgan fingerprint density at radius 3 is 2.71 bits per heavy atom. The van der Waals surface area contributed by atoms with E-state index in [2.05, 4.69) is 15.5 Å². The average molecular weight is 396 g/mol. The number of rotatable bonds is 6. The van der Waals surface area contributed by atoms with Crippen molar-refractivity contribution in [3.05, 3.63) is 59.4 Å². The van der Waals surface area contributed by atoms with Gasteiger partial charge in [0.2, 0.25) is 5.91 Å². The Labute approximate surface area is 167 Å². The Hall–Kier alpha value is -2.67. The molecule has 0 atom stereocenters. The highest BCUT2D eigenvalue weighted by atomic mass is 32.2. The first-order chi connectivity index (χ1) is 13.5. The third kappa shape index (κ3) is 3.80. The van der Waals surface area contributed by atoms with Gasteiger partial charge in [-0.2, -0.15) is 0 Å². The van der Waals surface area contributed by atoms with Gasteiger partial charge in [-0.05, 0) is 56.0 Å². The number of nitrogens with one attached hydrogen (secondary N) is 1. The Balaban J connectivity index is 1.50. The molecule has 1 saturated carbocycles. The van der Waals surface area contributed by atoms with Gasteiger partial charge in [0, 0.05) is 11.7 Å². The van der Waals surface area contributed by atoms with Crippen LogP contribution in [0.5, 0.6) is 0 Å². The quantitative estimate of drug-likeness (QED) is 0.610. The summed E-state index contributed by atoms with van der Waals surface area (Å²) in [6, 6.07) is 12.7. The van der Waals surface area contributed by atoms with Crippen LogP contribution in [-0.2, 0) is 4.79 Å². The molecule has 1 N–H and O–H groups in total. The van der Waals surface area contributed by atoms with Crippen LogP contribution >= 0.6 is 11.8 Å². The molecular weight excluding hydrogens is 375 g/mol. The first kappa shape index (κ1) is 18.7. The van der Waals surface area contributed by atoms with Gasteiger partial charge in [-0.1, -0.05) is 36.0 Å². The van der Waals surface area contributed by atoms with E-state index in [0.29, 0.717) is 16.5 Å². The minimum absolute atomic E-state index is 0.100. The van der Waals surface area contributed by atoms with Gasteiger partial charge >= 0.3 is 0 Å². The van der Waals surface area contributed by atoms with Gasteiger partial charge in [-0.25, -0.2) is 4.39 Å². The Bertz CT molecular complexity index is 1030. The maximum atomic E-state index is 14.2. The van der Waals surface area contributed by atoms with E-state index in [4.69, 9.17) is 0 Å². The van der Waals surface area contributed by atoms with Crippen molar-refractivity contribution in [2.24, 2.45) is 0 Å². The van der Waals surface area contributed by atoms with E-state index < -0.39 is 0 Å². The lowest BCUT2D eigenvalue weighted by Gasteiger charge is -2.11. The van der Waals surface area contributed by atoms with Crippen molar-refractivity contribution in [1.29, 1.82) is 0 Å². The van der Waals surface area contributed by atoms with Crippen LogP contribution in [-0.4, -0.2) is 26.4 Å². The summed E-state index contributed by atoms with van der Waals surface area (Å²) < 4.78 is 16.2. The van der Waals surface area contributed by atoms with Crippen LogP contribution in [0.4, 0.5) is 10.1 Å². The molecular formula is C21H21FN4OS. The van der Waals surface area contributed by atoms with Crippen LogP contribution < -0.4 is 5.32 Å². The highest BCUT2D eigenvalue weighted by Gasteiger charge is 2.31. The van der Waals surface area contributed by atoms with Crippen molar-refractivity contribution in [2.45, 2.75) is 37.9 Å². The second-order valence-corrected chi connectivity index (χ2v) is 7.91. The van der Waals surface area contributed by atoms with Crippen molar-refractivity contribution >= 4 is 23.4 Å². The number of hydrogen-bond acceptors (Lipinski definition) is 4. The molecule has 0 aliphatic heterocycles. The van der Waals surface area contributed by atoms with E-state index in [-0.39, 0.29) is 23.5 Å². The average Bonchev–Trinajstić information content (AvgIpc) is 3.44. The third-order valence-corrected chi connectivity index (χ3v) is 5.85. The molecule has 0 saturated heterocycles. The summed E-state index contributed by atoms with van der Waals surface area (Å²) in [4.78, 5) is 12.4. The van der Waals surface area contributed by atoms with Crippen molar-refractivity contribution in [3.8, 4) is 11.4 Å². The van der Waals surface area contributed by atoms with E-state index in [9.17, 15) is 9.18 Å². The van der Waals surface area contributed by atoms with Gasteiger partial charge in [-0.3, -0.25) is 9.36 Å². The van der Waals surface area contributed by atoms with E-state index in [1.807, 2.05) is 36.6 Å². The maximum Gasteiger partial charge on any atom is 0.234 e. The number of anilines is 1. The molecule has 1 aliphatic carbocycles. The zero-order valence-electron chi connectivity index (χ0n) is 15.8. The van der Waals surface area contributed by atoms with E-state index in [1.54, 1.807) is 18.2 Å². The second-order valence-electron chi connectivity index (χ2n) is 6.97. The lowest BCUT2D eigenvalue weighted by atomic mass is 10.1. The molecule has 0 radical (unpaired) electrons. The van der Waals surface area contributed by atoms with E-state index in [1.165, 1.54) is 17.8 Å². The molecule has 0 bridgehead atoms. The predicted octanol–water partition coefficient (Wildman–Crippen LogP) is 4.77. The molecule has 1 fully saturated rings. The number of halogens is 1. The highest BCUT2D eigenvalue weighted by molar-refractivity contribution is 7.99. The SMILES string of the molecule is Cc1cccc(NC(=O)CSc2nnc(-c3ccccc3F)n2C2CC2)c1C. The summed E-state index contributed by atoms with van der Waals surface area (Å²) in [5.41, 5.74) is 3.45. The fourth-order valence-corrected chi connectivity index (χ4v) is 3.87. The van der Waals surface area contributed by atoms with Crippen LogP contribution in [0.3, 0.4) is 0 Å². The zero-order valence-corrected chi connectivity index (χ0v) is 16.6. The van der Waals surface area contributed by atoms with Gasteiger partial charge in [0.1, 0.15) is 5.82 Å². The van der Waals surface area contributed by atoms with Crippen LogP contribution in [0.25, 0.3) is 11.4 Å². The highest BCUT2D eigenvalue weighted by Crippen LogP contribution is 2.41. The molecule has 4 rings (SSSR count). The first-order valence-corrected chi connectivity index (χ1v) is 10.2. The summed E-state index contributed by atoms with van der Waals surface area (Å²) in [7, 11) is 0. The number of aryl methyl sites for hydroxylation is 1. The topological polar surface area (TPSA) is 59.8 Å². The van der Waals surface area contributed by atoms with Crippen LogP contribution in [0.2, 0.25) is 0 Å². The molecule has 2 aromatic carbocycles. The van der Waals surface area contributed by atoms with E-state index in [0.717, 1.165) is 29.7 Å². The molecule has 1 heterocycles. The maximum absolute atomic E-state index is 14.2. The normalized spacial score (nSPS) is 13.5. The number of amides is 1. The second kappa shape index (κ2) is 7.75. The Morgan fingerprint density at radius 2 is 1.96 bits per heavy atom. The van der Waals surface area contributed by atoms with Crippen molar-refractivity contribution < 1.29 is 9.18 Å². The first-order valence-electron chi connectivity index (χ1n) is 9.23. The summed E-state index contributed by atoms with van der Waals surface area (Å²) in [5, 5.41) is 12.1. The number of aromatic nitrogens is 3. The van der Waals surface area contributed by atoms with Gasteiger partial charge in [-0.15, -0.1) is 10.2 Å². The van der Waals surface area contributed by atoms with Crippen molar-refractivity contribution in [2.75, 3.05) is 11.1 Å². The summed E-state index contributed by atoms with van der Waals surface area (Å²) >= 11 is 1.33. The Morgan fingerprint density at radius 1 is 1.18 bits per heavy atom. The molecule has 0 unspecified atom stereocenters. The van der Waals surface area contributed by atoms with Gasteiger partial charge in [0.05, 0.1) is 11.3 Å². The van der Waals surface area contributed by atoms with Gasteiger partial charge in [0.15, 0.2) is 11.0 Å². The molecule has 5 nitrogen and oxygen atoms in total. The molecule has 0 spiro atoms. The van der Waals surface area contributed by atoms with Crippen LogP contribution in [0.15, 0.2) is 47.6 Å². The van der Waals surface area contributed by atoms with Gasteiger partial charge in [0.25, 0.3) is 0 Å². The van der Waals surface area contributed by atoms with Crippen LogP contribution in [0, 0.1) is 19.7 Å². The third-order valence-electron chi connectivity index (χ3n) is 4.90. The minimum atomic E-state index is -0.319. The number of nitrogens with zero attached hydrogens (tertiary/aromatic N) is 3. The fourth-order valence-electron chi connectivity index (χ4n) is 3.07. The molecule has 3 aromatic rings. The predicted molar refractivity (Wildman–Crippen MR) is 109 cm³/mol. The zero-order chi connectivity index (χ0) is 19.7. The lowest BCUT2D eigenvalue weighted by molar-refractivity contribution is -0.113. The molecule has 1 aromatic heterocycles. The number of hydrogen-bond donors (Lipinski definition) is 1. The molecule has 28 heavy (non-hydrogen) atoms. The number of benzene rings is 2. The van der Waals surface area contributed by atoms with E-state index >= 15 is 0 Å². The lowest BCUT2D eigenvalue weighted by Crippen LogP contribution is -2.15. The van der Waals surface area contributed by atoms with Crippen molar-refractivity contribution in [1.82, 2.24) is 14.8 Å².